The summed E-state index contributed by atoms with van der Waals surface area (Å²) in [5.41, 5.74) is 0.454. The van der Waals surface area contributed by atoms with Gasteiger partial charge < -0.3 is 5.32 Å². The van der Waals surface area contributed by atoms with Crippen LogP contribution in [0.15, 0.2) is 12.3 Å². The predicted octanol–water partition coefficient (Wildman–Crippen LogP) is 1.56. The number of aromatic nitrogens is 2. The van der Waals surface area contributed by atoms with Gasteiger partial charge in [0, 0.05) is 25.2 Å². The van der Waals surface area contributed by atoms with Crippen LogP contribution in [0.5, 0.6) is 0 Å². The fraction of sp³-hybridized carbons (Fsp3) is 0.600. The first kappa shape index (κ1) is 12.0. The van der Waals surface area contributed by atoms with Crippen molar-refractivity contribution in [3.63, 3.8) is 0 Å². The van der Waals surface area contributed by atoms with Gasteiger partial charge in [0.2, 0.25) is 0 Å². The number of amides is 1. The van der Waals surface area contributed by atoms with Crippen molar-refractivity contribution in [2.45, 2.75) is 25.8 Å². The second-order valence-electron chi connectivity index (χ2n) is 3.58. The minimum atomic E-state index is -0.127. The van der Waals surface area contributed by atoms with Crippen molar-refractivity contribution in [3.05, 3.63) is 18.0 Å². The number of rotatable bonds is 5. The van der Waals surface area contributed by atoms with Crippen LogP contribution in [-0.2, 0) is 7.05 Å². The molecule has 0 aliphatic carbocycles. The second kappa shape index (κ2) is 5.75. The van der Waals surface area contributed by atoms with Gasteiger partial charge in [0.25, 0.3) is 5.91 Å². The quantitative estimate of drug-likeness (QED) is 0.779. The SMILES string of the molecule is CC(CCCCl)NC(=O)c1ccn(C)n1. The van der Waals surface area contributed by atoms with E-state index >= 15 is 0 Å². The lowest BCUT2D eigenvalue weighted by Gasteiger charge is -2.11. The Bertz CT molecular complexity index is 324. The Morgan fingerprint density at radius 1 is 1.73 bits per heavy atom. The van der Waals surface area contributed by atoms with E-state index in [9.17, 15) is 4.79 Å². The lowest BCUT2D eigenvalue weighted by atomic mass is 10.2. The average Bonchev–Trinajstić information content (AvgIpc) is 2.61. The van der Waals surface area contributed by atoms with Crippen LogP contribution in [0.3, 0.4) is 0 Å². The first-order chi connectivity index (χ1) is 7.13. The lowest BCUT2D eigenvalue weighted by molar-refractivity contribution is 0.0932. The highest BCUT2D eigenvalue weighted by Crippen LogP contribution is 2.00. The molecule has 0 saturated heterocycles. The van der Waals surface area contributed by atoms with E-state index in [0.29, 0.717) is 11.6 Å². The van der Waals surface area contributed by atoms with E-state index in [2.05, 4.69) is 10.4 Å². The van der Waals surface area contributed by atoms with Crippen LogP contribution in [-0.4, -0.2) is 27.6 Å². The Labute approximate surface area is 94.6 Å². The van der Waals surface area contributed by atoms with Crippen molar-refractivity contribution >= 4 is 17.5 Å². The molecule has 0 radical (unpaired) electrons. The molecule has 0 saturated carbocycles. The van der Waals surface area contributed by atoms with Crippen LogP contribution >= 0.6 is 11.6 Å². The molecule has 1 aromatic rings. The maximum absolute atomic E-state index is 11.6. The van der Waals surface area contributed by atoms with Crippen molar-refractivity contribution in [1.29, 1.82) is 0 Å². The first-order valence-electron chi connectivity index (χ1n) is 5.00. The van der Waals surface area contributed by atoms with Crippen molar-refractivity contribution < 1.29 is 4.79 Å². The molecule has 1 aromatic heterocycles. The van der Waals surface area contributed by atoms with E-state index in [1.165, 1.54) is 0 Å². The molecular weight excluding hydrogens is 214 g/mol. The molecule has 4 nitrogen and oxygen atoms in total. The molecule has 1 unspecified atom stereocenters. The zero-order valence-electron chi connectivity index (χ0n) is 9.03. The molecule has 0 bridgehead atoms. The Hall–Kier alpha value is -1.03. The van der Waals surface area contributed by atoms with Gasteiger partial charge in [-0.2, -0.15) is 5.10 Å². The molecule has 1 atom stereocenters. The monoisotopic (exact) mass is 229 g/mol. The normalized spacial score (nSPS) is 12.5. The Morgan fingerprint density at radius 2 is 2.47 bits per heavy atom. The number of carbonyl (C=O) groups is 1. The highest BCUT2D eigenvalue weighted by molar-refractivity contribution is 6.17. The summed E-state index contributed by atoms with van der Waals surface area (Å²) in [5.74, 6) is 0.502. The summed E-state index contributed by atoms with van der Waals surface area (Å²) < 4.78 is 1.61. The average molecular weight is 230 g/mol. The van der Waals surface area contributed by atoms with Gasteiger partial charge in [0.1, 0.15) is 5.69 Å². The molecule has 1 rings (SSSR count). The molecule has 15 heavy (non-hydrogen) atoms. The number of carbonyl (C=O) groups excluding carboxylic acids is 1. The van der Waals surface area contributed by atoms with Gasteiger partial charge in [0.15, 0.2) is 0 Å². The third-order valence-electron chi connectivity index (χ3n) is 2.09. The summed E-state index contributed by atoms with van der Waals surface area (Å²) in [7, 11) is 1.79. The van der Waals surface area contributed by atoms with Crippen LogP contribution in [0.2, 0.25) is 0 Å². The van der Waals surface area contributed by atoms with Gasteiger partial charge in [-0.1, -0.05) is 0 Å². The molecule has 0 aliphatic heterocycles. The minimum absolute atomic E-state index is 0.127. The summed E-state index contributed by atoms with van der Waals surface area (Å²) in [5, 5.41) is 6.89. The number of aryl methyl sites for hydroxylation is 1. The lowest BCUT2D eigenvalue weighted by Crippen LogP contribution is -2.32. The van der Waals surface area contributed by atoms with Crippen molar-refractivity contribution in [2.24, 2.45) is 7.05 Å². The first-order valence-corrected chi connectivity index (χ1v) is 5.53. The molecule has 0 fully saturated rings. The fourth-order valence-electron chi connectivity index (χ4n) is 1.29. The number of nitrogens with zero attached hydrogens (tertiary/aromatic N) is 2. The number of hydrogen-bond donors (Lipinski definition) is 1. The van der Waals surface area contributed by atoms with E-state index in [4.69, 9.17) is 11.6 Å². The topological polar surface area (TPSA) is 46.9 Å². The van der Waals surface area contributed by atoms with Crippen molar-refractivity contribution in [2.75, 3.05) is 5.88 Å². The zero-order chi connectivity index (χ0) is 11.3. The predicted molar refractivity (Wildman–Crippen MR) is 60.1 cm³/mol. The fourth-order valence-corrected chi connectivity index (χ4v) is 1.44. The van der Waals surface area contributed by atoms with Crippen LogP contribution in [0.25, 0.3) is 0 Å². The number of nitrogens with one attached hydrogen (secondary N) is 1. The molecule has 0 aromatic carbocycles. The van der Waals surface area contributed by atoms with E-state index in [-0.39, 0.29) is 11.9 Å². The summed E-state index contributed by atoms with van der Waals surface area (Å²) in [6.45, 7) is 1.97. The zero-order valence-corrected chi connectivity index (χ0v) is 9.79. The van der Waals surface area contributed by atoms with Crippen LogP contribution < -0.4 is 5.32 Å². The Kier molecular flexibility index (Phi) is 4.62. The van der Waals surface area contributed by atoms with E-state index in [1.54, 1.807) is 24.0 Å². The molecule has 1 N–H and O–H groups in total. The molecule has 1 heterocycles. The highest BCUT2D eigenvalue weighted by Gasteiger charge is 2.11. The van der Waals surface area contributed by atoms with Crippen LogP contribution in [0.1, 0.15) is 30.3 Å². The molecular formula is C10H16ClN3O. The van der Waals surface area contributed by atoms with E-state index in [1.807, 2.05) is 6.92 Å². The number of hydrogen-bond acceptors (Lipinski definition) is 2. The standard InChI is InChI=1S/C10H16ClN3O/c1-8(4-3-6-11)12-10(15)9-5-7-14(2)13-9/h5,7-8H,3-4,6H2,1-2H3,(H,12,15). The molecule has 84 valence electrons. The van der Waals surface area contributed by atoms with Gasteiger partial charge in [-0.25, -0.2) is 0 Å². The van der Waals surface area contributed by atoms with Crippen LogP contribution in [0.4, 0.5) is 0 Å². The van der Waals surface area contributed by atoms with Crippen molar-refractivity contribution in [3.8, 4) is 0 Å². The maximum Gasteiger partial charge on any atom is 0.271 e. The third-order valence-corrected chi connectivity index (χ3v) is 2.36. The van der Waals surface area contributed by atoms with Gasteiger partial charge in [-0.05, 0) is 25.8 Å². The van der Waals surface area contributed by atoms with Crippen LogP contribution in [0, 0.1) is 0 Å². The molecule has 0 aliphatic rings. The number of halogens is 1. The van der Waals surface area contributed by atoms with E-state index < -0.39 is 0 Å². The minimum Gasteiger partial charge on any atom is -0.348 e. The Balaban J connectivity index is 2.42. The van der Waals surface area contributed by atoms with Gasteiger partial charge in [-0.3, -0.25) is 9.48 Å². The van der Waals surface area contributed by atoms with E-state index in [0.717, 1.165) is 12.8 Å². The smallest absolute Gasteiger partial charge is 0.271 e. The summed E-state index contributed by atoms with van der Waals surface area (Å²) in [4.78, 5) is 11.6. The van der Waals surface area contributed by atoms with Gasteiger partial charge >= 0.3 is 0 Å². The van der Waals surface area contributed by atoms with Gasteiger partial charge in [-0.15, -0.1) is 11.6 Å². The van der Waals surface area contributed by atoms with Crippen molar-refractivity contribution in [1.82, 2.24) is 15.1 Å². The molecule has 5 heteroatoms. The summed E-state index contributed by atoms with van der Waals surface area (Å²) in [6.07, 6.45) is 3.55. The second-order valence-corrected chi connectivity index (χ2v) is 3.96. The number of alkyl halides is 1. The van der Waals surface area contributed by atoms with Gasteiger partial charge in [0.05, 0.1) is 0 Å². The third kappa shape index (κ3) is 3.91. The Morgan fingerprint density at radius 3 is 3.00 bits per heavy atom. The molecule has 0 spiro atoms. The largest absolute Gasteiger partial charge is 0.348 e. The summed E-state index contributed by atoms with van der Waals surface area (Å²) in [6, 6.07) is 1.84. The highest BCUT2D eigenvalue weighted by atomic mass is 35.5. The molecule has 1 amide bonds. The maximum atomic E-state index is 11.6. The summed E-state index contributed by atoms with van der Waals surface area (Å²) >= 11 is 5.57.